The van der Waals surface area contributed by atoms with Crippen LogP contribution in [0.1, 0.15) is 16.8 Å². The van der Waals surface area contributed by atoms with Gasteiger partial charge in [-0.1, -0.05) is 24.3 Å². The van der Waals surface area contributed by atoms with Gasteiger partial charge in [-0.3, -0.25) is 14.7 Å². The predicted molar refractivity (Wildman–Crippen MR) is 120 cm³/mol. The highest BCUT2D eigenvalue weighted by molar-refractivity contribution is 7.13. The summed E-state index contributed by atoms with van der Waals surface area (Å²) in [4.78, 5) is 25.9. The smallest absolute Gasteiger partial charge is 0.226 e. The molecule has 1 amide bonds. The van der Waals surface area contributed by atoms with Crippen molar-refractivity contribution in [2.75, 3.05) is 33.2 Å². The van der Waals surface area contributed by atoms with Gasteiger partial charge in [0.15, 0.2) is 0 Å². The number of carbonyl (C=O) groups is 1. The Kier molecular flexibility index (Phi) is 6.84. The Hall–Kier alpha value is -2.61. The molecule has 0 aliphatic carbocycles. The number of hydrogen-bond acceptors (Lipinski definition) is 6. The van der Waals surface area contributed by atoms with E-state index in [1.165, 1.54) is 5.56 Å². The minimum Gasteiger partial charge on any atom is -0.352 e. The van der Waals surface area contributed by atoms with Crippen molar-refractivity contribution in [3.8, 4) is 10.6 Å². The van der Waals surface area contributed by atoms with E-state index in [0.717, 1.165) is 54.6 Å². The molecule has 1 fully saturated rings. The molecule has 0 radical (unpaired) electrons. The van der Waals surface area contributed by atoms with Crippen LogP contribution in [0.15, 0.2) is 54.2 Å². The fourth-order valence-corrected chi connectivity index (χ4v) is 4.33. The van der Waals surface area contributed by atoms with Crippen LogP contribution >= 0.6 is 11.3 Å². The lowest BCUT2D eigenvalue weighted by atomic mass is 10.1. The number of nitrogens with zero attached hydrogens (tertiary/aromatic N) is 4. The summed E-state index contributed by atoms with van der Waals surface area (Å²) in [6, 6.07) is 12.4. The third-order valence-electron chi connectivity index (χ3n) is 5.28. The molecule has 0 spiro atoms. The first-order chi connectivity index (χ1) is 14.7. The van der Waals surface area contributed by atoms with E-state index in [-0.39, 0.29) is 12.3 Å². The molecule has 1 aliphatic rings. The third-order valence-corrected chi connectivity index (χ3v) is 6.22. The monoisotopic (exact) mass is 421 g/mol. The highest BCUT2D eigenvalue weighted by Crippen LogP contribution is 2.25. The van der Waals surface area contributed by atoms with Crippen LogP contribution in [-0.2, 0) is 24.3 Å². The van der Waals surface area contributed by atoms with Crippen LogP contribution in [0.5, 0.6) is 0 Å². The van der Waals surface area contributed by atoms with Gasteiger partial charge in [-0.15, -0.1) is 11.3 Å². The molecule has 7 heteroatoms. The van der Waals surface area contributed by atoms with Gasteiger partial charge >= 0.3 is 0 Å². The SMILES string of the molecule is CN1CCN(Cc2cccc(-c3nc(CC(=O)NCc4cccnc4)cs3)c2)CC1. The van der Waals surface area contributed by atoms with E-state index in [0.29, 0.717) is 6.54 Å². The normalized spacial score (nSPS) is 15.2. The zero-order valence-electron chi connectivity index (χ0n) is 17.3. The first-order valence-corrected chi connectivity index (χ1v) is 11.1. The first kappa shape index (κ1) is 20.7. The molecule has 156 valence electrons. The summed E-state index contributed by atoms with van der Waals surface area (Å²) in [5.41, 5.74) is 4.22. The van der Waals surface area contributed by atoms with Crippen molar-refractivity contribution >= 4 is 17.2 Å². The van der Waals surface area contributed by atoms with Gasteiger partial charge in [-0.25, -0.2) is 4.98 Å². The molecular weight excluding hydrogens is 394 g/mol. The first-order valence-electron chi connectivity index (χ1n) is 10.3. The molecule has 0 atom stereocenters. The van der Waals surface area contributed by atoms with Crippen LogP contribution in [0.4, 0.5) is 0 Å². The maximum absolute atomic E-state index is 12.3. The van der Waals surface area contributed by atoms with Crippen LogP contribution in [0.3, 0.4) is 0 Å². The van der Waals surface area contributed by atoms with Gasteiger partial charge in [-0.2, -0.15) is 0 Å². The van der Waals surface area contributed by atoms with Crippen molar-refractivity contribution < 1.29 is 4.79 Å². The minimum absolute atomic E-state index is 0.0282. The van der Waals surface area contributed by atoms with Crippen molar-refractivity contribution in [1.29, 1.82) is 0 Å². The van der Waals surface area contributed by atoms with E-state index in [4.69, 9.17) is 4.98 Å². The predicted octanol–water partition coefficient (Wildman–Crippen LogP) is 2.81. The molecule has 4 rings (SSSR count). The number of hydrogen-bond donors (Lipinski definition) is 1. The Balaban J connectivity index is 1.33. The molecule has 1 N–H and O–H groups in total. The minimum atomic E-state index is -0.0282. The topological polar surface area (TPSA) is 61.4 Å². The number of piperazine rings is 1. The molecule has 1 aliphatic heterocycles. The number of pyridine rings is 1. The van der Waals surface area contributed by atoms with Crippen molar-refractivity contribution in [2.45, 2.75) is 19.5 Å². The van der Waals surface area contributed by atoms with Crippen molar-refractivity contribution in [2.24, 2.45) is 0 Å². The fraction of sp³-hybridized carbons (Fsp3) is 0.348. The highest BCUT2D eigenvalue weighted by atomic mass is 32.1. The second-order valence-electron chi connectivity index (χ2n) is 7.74. The van der Waals surface area contributed by atoms with E-state index in [2.05, 4.69) is 51.4 Å². The lowest BCUT2D eigenvalue weighted by Gasteiger charge is -2.32. The standard InChI is InChI=1S/C23H27N5OS/c1-27-8-10-28(11-9-27)16-18-4-2-6-20(12-18)23-26-21(17-30-23)13-22(29)25-15-19-5-3-7-24-14-19/h2-7,12,14,17H,8-11,13,15-16H2,1H3,(H,25,29). The number of aromatic nitrogens is 2. The molecule has 30 heavy (non-hydrogen) atoms. The number of likely N-dealkylation sites (N-methyl/N-ethyl adjacent to an activating group) is 1. The largest absolute Gasteiger partial charge is 0.352 e. The Bertz CT molecular complexity index is 966. The third kappa shape index (κ3) is 5.72. The van der Waals surface area contributed by atoms with E-state index in [1.54, 1.807) is 23.7 Å². The zero-order valence-corrected chi connectivity index (χ0v) is 18.1. The molecule has 3 heterocycles. The lowest BCUT2D eigenvalue weighted by Crippen LogP contribution is -2.43. The van der Waals surface area contributed by atoms with Crippen LogP contribution in [0.25, 0.3) is 10.6 Å². The lowest BCUT2D eigenvalue weighted by molar-refractivity contribution is -0.120. The summed E-state index contributed by atoms with van der Waals surface area (Å²) in [5, 5.41) is 5.87. The molecule has 0 saturated carbocycles. The fourth-order valence-electron chi connectivity index (χ4n) is 3.52. The zero-order chi connectivity index (χ0) is 20.8. The molecule has 3 aromatic rings. The average molecular weight is 422 g/mol. The molecule has 0 unspecified atom stereocenters. The van der Waals surface area contributed by atoms with Gasteiger partial charge in [0.2, 0.25) is 5.91 Å². The van der Waals surface area contributed by atoms with Crippen LogP contribution in [-0.4, -0.2) is 58.9 Å². The average Bonchev–Trinajstić information content (AvgIpc) is 3.23. The second kappa shape index (κ2) is 9.93. The van der Waals surface area contributed by atoms with Crippen molar-refractivity contribution in [3.05, 3.63) is 71.0 Å². The molecular formula is C23H27N5OS. The molecule has 2 aromatic heterocycles. The summed E-state index contributed by atoms with van der Waals surface area (Å²) in [7, 11) is 2.18. The molecule has 1 saturated heterocycles. The Morgan fingerprint density at radius 3 is 2.77 bits per heavy atom. The summed E-state index contributed by atoms with van der Waals surface area (Å²) < 4.78 is 0. The second-order valence-corrected chi connectivity index (χ2v) is 8.60. The summed E-state index contributed by atoms with van der Waals surface area (Å²) >= 11 is 1.59. The van der Waals surface area contributed by atoms with Gasteiger partial charge in [0.1, 0.15) is 5.01 Å². The molecule has 0 bridgehead atoms. The Morgan fingerprint density at radius 2 is 1.97 bits per heavy atom. The van der Waals surface area contributed by atoms with E-state index >= 15 is 0 Å². The van der Waals surface area contributed by atoms with Gasteiger partial charge in [0.05, 0.1) is 12.1 Å². The summed E-state index contributed by atoms with van der Waals surface area (Å²) in [6.07, 6.45) is 3.77. The number of rotatable bonds is 7. The number of benzene rings is 1. The van der Waals surface area contributed by atoms with E-state index in [9.17, 15) is 4.79 Å². The van der Waals surface area contributed by atoms with Crippen LogP contribution in [0.2, 0.25) is 0 Å². The summed E-state index contributed by atoms with van der Waals surface area (Å²) in [5.74, 6) is -0.0282. The van der Waals surface area contributed by atoms with E-state index < -0.39 is 0 Å². The van der Waals surface area contributed by atoms with Gasteiger partial charge < -0.3 is 10.2 Å². The number of thiazole rings is 1. The van der Waals surface area contributed by atoms with Gasteiger partial charge in [0, 0.05) is 62.6 Å². The van der Waals surface area contributed by atoms with Crippen molar-refractivity contribution in [1.82, 2.24) is 25.1 Å². The van der Waals surface area contributed by atoms with Gasteiger partial charge in [0.25, 0.3) is 0 Å². The maximum atomic E-state index is 12.3. The maximum Gasteiger partial charge on any atom is 0.226 e. The quantitative estimate of drug-likeness (QED) is 0.636. The number of nitrogens with one attached hydrogen (secondary N) is 1. The number of carbonyl (C=O) groups excluding carboxylic acids is 1. The molecule has 1 aromatic carbocycles. The Morgan fingerprint density at radius 1 is 1.13 bits per heavy atom. The van der Waals surface area contributed by atoms with Crippen LogP contribution < -0.4 is 5.32 Å². The highest BCUT2D eigenvalue weighted by Gasteiger charge is 2.15. The van der Waals surface area contributed by atoms with Crippen molar-refractivity contribution in [3.63, 3.8) is 0 Å². The van der Waals surface area contributed by atoms with Gasteiger partial charge in [-0.05, 0) is 30.3 Å². The molecule has 6 nitrogen and oxygen atoms in total. The van der Waals surface area contributed by atoms with E-state index in [1.807, 2.05) is 17.5 Å². The van der Waals surface area contributed by atoms with Crippen LogP contribution in [0, 0.1) is 0 Å². The number of amides is 1. The summed E-state index contributed by atoms with van der Waals surface area (Å²) in [6.45, 7) is 5.91. The Labute approximate surface area is 181 Å².